The van der Waals surface area contributed by atoms with E-state index in [9.17, 15) is 9.59 Å². The van der Waals surface area contributed by atoms with E-state index in [0.717, 1.165) is 0 Å². The molecule has 0 saturated carbocycles. The summed E-state index contributed by atoms with van der Waals surface area (Å²) in [6, 6.07) is -0.468. The van der Waals surface area contributed by atoms with E-state index >= 15 is 0 Å². The van der Waals surface area contributed by atoms with Crippen LogP contribution in [0.25, 0.3) is 0 Å². The molecule has 2 amide bonds. The zero-order valence-corrected chi connectivity index (χ0v) is 15.1. The highest BCUT2D eigenvalue weighted by Crippen LogP contribution is 2.31. The van der Waals surface area contributed by atoms with Crippen LogP contribution < -0.4 is 5.32 Å². The van der Waals surface area contributed by atoms with Crippen LogP contribution in [0.1, 0.15) is 54.9 Å². The topological polar surface area (TPSA) is 117 Å². The van der Waals surface area contributed by atoms with E-state index in [1.165, 1.54) is 18.6 Å². The Balaban J connectivity index is 1.80. The van der Waals surface area contributed by atoms with Gasteiger partial charge in [0.25, 0.3) is 5.91 Å². The summed E-state index contributed by atoms with van der Waals surface area (Å²) in [5.41, 5.74) is 0.263. The number of likely N-dealkylation sites (tertiary alicyclic amines) is 1. The molecule has 9 nitrogen and oxygen atoms in total. The smallest absolute Gasteiger partial charge is 0.274 e. The number of nitrogens with zero attached hydrogens (tertiary/aromatic N) is 5. The fraction of sp³-hybridized carbons (Fsp3) is 0.529. The molecule has 0 aromatic carbocycles. The van der Waals surface area contributed by atoms with E-state index in [4.69, 9.17) is 0 Å². The normalized spacial score (nSPS) is 19.8. The van der Waals surface area contributed by atoms with Crippen molar-refractivity contribution in [3.05, 3.63) is 35.9 Å². The van der Waals surface area contributed by atoms with Crippen LogP contribution in [0.15, 0.2) is 18.6 Å². The Labute approximate surface area is 151 Å². The van der Waals surface area contributed by atoms with E-state index in [-0.39, 0.29) is 35.5 Å². The summed E-state index contributed by atoms with van der Waals surface area (Å²) in [5.74, 6) is 1.25. The molecule has 3 rings (SSSR count). The minimum absolute atomic E-state index is 0.0104. The second-order valence-corrected chi connectivity index (χ2v) is 6.94. The zero-order valence-electron chi connectivity index (χ0n) is 15.1. The number of nitrogens with one attached hydrogen (secondary N) is 2. The summed E-state index contributed by atoms with van der Waals surface area (Å²) in [6.07, 6.45) is 5.46. The number of carbonyl (C=O) groups excluding carboxylic acids is 2. The average Bonchev–Trinajstić information content (AvgIpc) is 3.20. The molecule has 0 spiro atoms. The quantitative estimate of drug-likeness (QED) is 0.825. The first-order valence-corrected chi connectivity index (χ1v) is 8.69. The molecular weight excluding hydrogens is 334 g/mol. The Morgan fingerprint density at radius 2 is 2.19 bits per heavy atom. The van der Waals surface area contributed by atoms with E-state index < -0.39 is 0 Å². The van der Waals surface area contributed by atoms with Gasteiger partial charge in [-0.3, -0.25) is 19.7 Å². The first-order valence-electron chi connectivity index (χ1n) is 8.69. The number of rotatable bonds is 5. The summed E-state index contributed by atoms with van der Waals surface area (Å²) >= 11 is 0. The summed E-state index contributed by atoms with van der Waals surface area (Å²) in [5, 5.41) is 10.0. The molecule has 26 heavy (non-hydrogen) atoms. The molecule has 2 aromatic rings. The van der Waals surface area contributed by atoms with Gasteiger partial charge in [0.2, 0.25) is 5.91 Å². The predicted octanol–water partition coefficient (Wildman–Crippen LogP) is 1.02. The highest BCUT2D eigenvalue weighted by Gasteiger charge is 2.39. The molecule has 3 heterocycles. The minimum Gasteiger partial charge on any atom is -0.351 e. The van der Waals surface area contributed by atoms with Crippen molar-refractivity contribution < 1.29 is 9.59 Å². The van der Waals surface area contributed by atoms with Gasteiger partial charge < -0.3 is 10.2 Å². The predicted molar refractivity (Wildman–Crippen MR) is 92.9 cm³/mol. The molecule has 138 valence electrons. The lowest BCUT2D eigenvalue weighted by Gasteiger charge is -2.21. The minimum atomic E-state index is -0.321. The van der Waals surface area contributed by atoms with Gasteiger partial charge in [-0.2, -0.15) is 5.10 Å². The highest BCUT2D eigenvalue weighted by molar-refractivity contribution is 5.92. The fourth-order valence-electron chi connectivity index (χ4n) is 3.13. The van der Waals surface area contributed by atoms with Crippen molar-refractivity contribution in [2.45, 2.75) is 45.7 Å². The van der Waals surface area contributed by atoms with Crippen LogP contribution in [0.2, 0.25) is 0 Å². The molecule has 2 atom stereocenters. The van der Waals surface area contributed by atoms with Crippen LogP contribution >= 0.6 is 0 Å². The van der Waals surface area contributed by atoms with Crippen molar-refractivity contribution in [3.8, 4) is 0 Å². The summed E-state index contributed by atoms with van der Waals surface area (Å²) in [6.45, 7) is 6.19. The van der Waals surface area contributed by atoms with Crippen molar-refractivity contribution in [1.82, 2.24) is 35.4 Å². The molecule has 0 unspecified atom stereocenters. The number of carbonyl (C=O) groups is 2. The third-order valence-electron chi connectivity index (χ3n) is 4.22. The van der Waals surface area contributed by atoms with E-state index in [2.05, 4.69) is 30.5 Å². The Kier molecular flexibility index (Phi) is 5.24. The molecule has 9 heteroatoms. The van der Waals surface area contributed by atoms with Crippen LogP contribution in [-0.2, 0) is 4.79 Å². The van der Waals surface area contributed by atoms with Crippen molar-refractivity contribution >= 4 is 11.8 Å². The van der Waals surface area contributed by atoms with Crippen molar-refractivity contribution in [2.24, 2.45) is 5.92 Å². The Morgan fingerprint density at radius 1 is 1.38 bits per heavy atom. The number of aromatic amines is 1. The highest BCUT2D eigenvalue weighted by atomic mass is 16.2. The van der Waals surface area contributed by atoms with Gasteiger partial charge in [-0.15, -0.1) is 0 Å². The summed E-state index contributed by atoms with van der Waals surface area (Å²) in [4.78, 5) is 39.1. The van der Waals surface area contributed by atoms with Crippen molar-refractivity contribution in [1.29, 1.82) is 0 Å². The number of aryl methyl sites for hydroxylation is 1. The Hall–Kier alpha value is -2.84. The molecule has 0 aliphatic carbocycles. The Bertz CT molecular complexity index is 774. The number of hydrogen-bond donors (Lipinski definition) is 2. The lowest BCUT2D eigenvalue weighted by Crippen LogP contribution is -2.39. The molecule has 0 radical (unpaired) electrons. The van der Waals surface area contributed by atoms with Crippen molar-refractivity contribution in [3.63, 3.8) is 0 Å². The fourth-order valence-corrected chi connectivity index (χ4v) is 3.13. The maximum atomic E-state index is 12.9. The molecule has 1 saturated heterocycles. The van der Waals surface area contributed by atoms with Crippen molar-refractivity contribution in [2.75, 3.05) is 6.54 Å². The van der Waals surface area contributed by atoms with Gasteiger partial charge in [0.05, 0.1) is 12.2 Å². The van der Waals surface area contributed by atoms with Gasteiger partial charge in [-0.25, -0.2) is 9.97 Å². The van der Waals surface area contributed by atoms with Gasteiger partial charge in [0, 0.05) is 31.4 Å². The largest absolute Gasteiger partial charge is 0.351 e. The van der Waals surface area contributed by atoms with Gasteiger partial charge in [-0.05, 0) is 19.3 Å². The third kappa shape index (κ3) is 4.04. The van der Waals surface area contributed by atoms with E-state index in [0.29, 0.717) is 31.0 Å². The molecule has 1 fully saturated rings. The monoisotopic (exact) mass is 357 g/mol. The first-order chi connectivity index (χ1) is 12.4. The molecule has 1 aliphatic rings. The molecular formula is C17H23N7O2. The molecule has 2 N–H and O–H groups in total. The lowest BCUT2D eigenvalue weighted by atomic mass is 10.1. The first kappa shape index (κ1) is 18.0. The van der Waals surface area contributed by atoms with Crippen LogP contribution in [0.5, 0.6) is 0 Å². The molecule has 2 aromatic heterocycles. The van der Waals surface area contributed by atoms with Crippen LogP contribution in [0.3, 0.4) is 0 Å². The van der Waals surface area contributed by atoms with Gasteiger partial charge in [-0.1, -0.05) is 13.8 Å². The van der Waals surface area contributed by atoms with Crippen LogP contribution in [0, 0.1) is 12.8 Å². The number of aromatic nitrogens is 5. The Morgan fingerprint density at radius 3 is 2.81 bits per heavy atom. The van der Waals surface area contributed by atoms with Crippen LogP contribution in [-0.4, -0.2) is 54.5 Å². The van der Waals surface area contributed by atoms with E-state index in [1.54, 1.807) is 4.90 Å². The third-order valence-corrected chi connectivity index (χ3v) is 4.22. The number of H-pyrrole nitrogens is 1. The van der Waals surface area contributed by atoms with E-state index in [1.807, 2.05) is 20.8 Å². The van der Waals surface area contributed by atoms with Gasteiger partial charge in [0.15, 0.2) is 5.82 Å². The lowest BCUT2D eigenvalue weighted by molar-refractivity contribution is -0.122. The summed E-state index contributed by atoms with van der Waals surface area (Å²) < 4.78 is 0. The number of hydrogen-bond acceptors (Lipinski definition) is 6. The van der Waals surface area contributed by atoms with Crippen LogP contribution in [0.4, 0.5) is 0 Å². The standard InChI is InChI=1S/C17H23N7O2/c1-10(2)6-15(25)21-12-7-14(16-20-11(3)22-23-16)24(9-12)17(26)13-8-18-4-5-19-13/h4-5,8,10,12,14H,6-7,9H2,1-3H3,(H,21,25)(H,20,22,23)/t12-,14-/m0/s1. The second kappa shape index (κ2) is 7.59. The maximum absolute atomic E-state index is 12.9. The molecule has 1 aliphatic heterocycles. The SMILES string of the molecule is Cc1nc([C@@H]2C[C@H](NC(=O)CC(C)C)CN2C(=O)c2cnccn2)n[nH]1. The maximum Gasteiger partial charge on any atom is 0.274 e. The second-order valence-electron chi connectivity index (χ2n) is 6.94. The number of amides is 2. The zero-order chi connectivity index (χ0) is 18.7. The van der Waals surface area contributed by atoms with Gasteiger partial charge in [0.1, 0.15) is 11.5 Å². The van der Waals surface area contributed by atoms with Gasteiger partial charge >= 0.3 is 0 Å². The molecule has 0 bridgehead atoms. The average molecular weight is 357 g/mol. The summed E-state index contributed by atoms with van der Waals surface area (Å²) in [7, 11) is 0.